The fourth-order valence-corrected chi connectivity index (χ4v) is 3.17. The van der Waals surface area contributed by atoms with Gasteiger partial charge in [-0.25, -0.2) is 0 Å². The van der Waals surface area contributed by atoms with Crippen LogP contribution in [-0.4, -0.2) is 36.1 Å². The Balaban J connectivity index is 1.47. The average molecular weight is 413 g/mol. The Labute approximate surface area is 173 Å². The summed E-state index contributed by atoms with van der Waals surface area (Å²) in [5.41, 5.74) is 1.14. The highest BCUT2D eigenvalue weighted by atomic mass is 16.6. The van der Waals surface area contributed by atoms with Gasteiger partial charge < -0.3 is 20.1 Å². The van der Waals surface area contributed by atoms with E-state index in [1.54, 1.807) is 18.2 Å². The molecular formula is C21H23N3O6. The summed E-state index contributed by atoms with van der Waals surface area (Å²) in [5.74, 6) is -0.229. The molecule has 1 aliphatic heterocycles. The molecule has 9 nitrogen and oxygen atoms in total. The molecule has 1 amide bonds. The monoisotopic (exact) mass is 413 g/mol. The highest BCUT2D eigenvalue weighted by molar-refractivity contribution is 5.84. The first kappa shape index (κ1) is 21.1. The number of benzene rings is 2. The summed E-state index contributed by atoms with van der Waals surface area (Å²) >= 11 is 0. The molecule has 2 aromatic carbocycles. The van der Waals surface area contributed by atoms with E-state index < -0.39 is 22.9 Å². The van der Waals surface area contributed by atoms with Crippen LogP contribution in [0, 0.1) is 10.1 Å². The quantitative estimate of drug-likeness (QED) is 0.388. The molecule has 0 aromatic heterocycles. The fourth-order valence-electron chi connectivity index (χ4n) is 3.17. The van der Waals surface area contributed by atoms with Crippen LogP contribution < -0.4 is 15.4 Å². The minimum atomic E-state index is -0.960. The lowest BCUT2D eigenvalue weighted by molar-refractivity contribution is -0.384. The van der Waals surface area contributed by atoms with Crippen LogP contribution >= 0.6 is 0 Å². The van der Waals surface area contributed by atoms with Crippen molar-refractivity contribution >= 4 is 23.3 Å². The molecule has 158 valence electrons. The molecule has 1 heterocycles. The Hall–Kier alpha value is -3.62. The van der Waals surface area contributed by atoms with Gasteiger partial charge in [0.1, 0.15) is 11.4 Å². The molecule has 0 saturated heterocycles. The van der Waals surface area contributed by atoms with Gasteiger partial charge in [-0.3, -0.25) is 19.7 Å². The van der Waals surface area contributed by atoms with Gasteiger partial charge in [-0.2, -0.15) is 0 Å². The van der Waals surface area contributed by atoms with Gasteiger partial charge in [-0.05, 0) is 19.1 Å². The van der Waals surface area contributed by atoms with E-state index in [1.807, 2.05) is 24.3 Å². The van der Waals surface area contributed by atoms with Crippen molar-refractivity contribution in [1.82, 2.24) is 5.32 Å². The van der Waals surface area contributed by atoms with Crippen molar-refractivity contribution in [3.05, 3.63) is 64.2 Å². The summed E-state index contributed by atoms with van der Waals surface area (Å²) in [6.07, 6.45) is -0.369. The lowest BCUT2D eigenvalue weighted by Gasteiger charge is -2.27. The molecule has 1 aliphatic rings. The Bertz CT molecular complexity index is 932. The number of ether oxygens (including phenoxy) is 2. The maximum atomic E-state index is 12.5. The summed E-state index contributed by atoms with van der Waals surface area (Å²) in [4.78, 5) is 35.0. The topological polar surface area (TPSA) is 120 Å². The first-order valence-corrected chi connectivity index (χ1v) is 9.64. The second-order valence-electron chi connectivity index (χ2n) is 6.82. The zero-order valence-corrected chi connectivity index (χ0v) is 16.5. The number of amides is 1. The predicted octanol–water partition coefficient (Wildman–Crippen LogP) is 2.97. The van der Waals surface area contributed by atoms with Crippen LogP contribution in [0.25, 0.3) is 0 Å². The number of fused-ring (bicyclic) bond motifs is 1. The molecule has 2 N–H and O–H groups in total. The van der Waals surface area contributed by atoms with Gasteiger partial charge >= 0.3 is 5.97 Å². The van der Waals surface area contributed by atoms with Crippen LogP contribution in [0.2, 0.25) is 0 Å². The lowest BCUT2D eigenvalue weighted by atomic mass is 10.0. The van der Waals surface area contributed by atoms with Crippen molar-refractivity contribution in [1.29, 1.82) is 0 Å². The number of esters is 1. The molecule has 0 aliphatic carbocycles. The fraction of sp³-hybridized carbons (Fsp3) is 0.333. The van der Waals surface area contributed by atoms with Gasteiger partial charge in [0.25, 0.3) is 11.6 Å². The van der Waals surface area contributed by atoms with Gasteiger partial charge in [0.05, 0.1) is 24.0 Å². The second-order valence-corrected chi connectivity index (χ2v) is 6.82. The number of nitro groups is 1. The molecule has 0 saturated carbocycles. The summed E-state index contributed by atoms with van der Waals surface area (Å²) in [7, 11) is 0. The van der Waals surface area contributed by atoms with Crippen molar-refractivity contribution < 1.29 is 24.0 Å². The third kappa shape index (κ3) is 5.25. The summed E-state index contributed by atoms with van der Waals surface area (Å²) in [6.45, 7) is 2.15. The van der Waals surface area contributed by atoms with Crippen LogP contribution in [0.1, 0.15) is 31.4 Å². The van der Waals surface area contributed by atoms with E-state index in [2.05, 4.69) is 10.6 Å². The number of nitrogens with one attached hydrogen (secondary N) is 2. The third-order valence-corrected chi connectivity index (χ3v) is 4.70. The van der Waals surface area contributed by atoms with Crippen LogP contribution in [0.3, 0.4) is 0 Å². The minimum Gasteiger partial charge on any atom is -0.493 e. The van der Waals surface area contributed by atoms with Crippen LogP contribution in [0.4, 0.5) is 11.4 Å². The average Bonchev–Trinajstić information content (AvgIpc) is 2.74. The van der Waals surface area contributed by atoms with Crippen molar-refractivity contribution in [3.8, 4) is 5.75 Å². The number of carbonyl (C=O) groups is 2. The zero-order valence-electron chi connectivity index (χ0n) is 16.5. The summed E-state index contributed by atoms with van der Waals surface area (Å²) in [5, 5.41) is 16.7. The number of carbonyl (C=O) groups excluding carboxylic acids is 2. The molecule has 0 fully saturated rings. The van der Waals surface area contributed by atoms with E-state index >= 15 is 0 Å². The second kappa shape index (κ2) is 9.73. The molecule has 0 unspecified atom stereocenters. The van der Waals surface area contributed by atoms with Gasteiger partial charge in [-0.1, -0.05) is 30.3 Å². The normalized spacial score (nSPS) is 15.8. The Morgan fingerprint density at radius 3 is 2.77 bits per heavy atom. The van der Waals surface area contributed by atoms with Gasteiger partial charge in [0.15, 0.2) is 6.10 Å². The van der Waals surface area contributed by atoms with Crippen molar-refractivity contribution in [3.63, 3.8) is 0 Å². The van der Waals surface area contributed by atoms with Gasteiger partial charge in [0.2, 0.25) is 0 Å². The molecule has 0 bridgehead atoms. The van der Waals surface area contributed by atoms with E-state index in [0.29, 0.717) is 18.7 Å². The maximum Gasteiger partial charge on any atom is 0.308 e. The lowest BCUT2D eigenvalue weighted by Crippen LogP contribution is -2.39. The highest BCUT2D eigenvalue weighted by Gasteiger charge is 2.26. The van der Waals surface area contributed by atoms with Crippen molar-refractivity contribution in [2.24, 2.45) is 0 Å². The minimum absolute atomic E-state index is 0.0379. The number of anilines is 1. The molecule has 3 rings (SSSR count). The number of rotatable bonds is 8. The number of hydrogen-bond acceptors (Lipinski definition) is 7. The van der Waals surface area contributed by atoms with E-state index in [1.165, 1.54) is 13.0 Å². The van der Waals surface area contributed by atoms with Crippen molar-refractivity contribution in [2.45, 2.75) is 31.9 Å². The van der Waals surface area contributed by atoms with Crippen molar-refractivity contribution in [2.75, 3.05) is 18.5 Å². The predicted molar refractivity (Wildman–Crippen MR) is 109 cm³/mol. The number of hydrogen-bond donors (Lipinski definition) is 2. The van der Waals surface area contributed by atoms with E-state index in [-0.39, 0.29) is 24.7 Å². The number of nitrogens with zero attached hydrogens (tertiary/aromatic N) is 1. The molecule has 0 radical (unpaired) electrons. The number of para-hydroxylation sites is 3. The molecular weight excluding hydrogens is 390 g/mol. The molecule has 9 heteroatoms. The largest absolute Gasteiger partial charge is 0.493 e. The van der Waals surface area contributed by atoms with E-state index in [4.69, 9.17) is 9.47 Å². The van der Waals surface area contributed by atoms with Crippen LogP contribution in [0.5, 0.6) is 5.75 Å². The Morgan fingerprint density at radius 2 is 1.97 bits per heavy atom. The van der Waals surface area contributed by atoms with Gasteiger partial charge in [0, 0.05) is 24.6 Å². The molecule has 2 aromatic rings. The molecule has 30 heavy (non-hydrogen) atoms. The van der Waals surface area contributed by atoms with Crippen LogP contribution in [-0.2, 0) is 14.3 Å². The highest BCUT2D eigenvalue weighted by Crippen LogP contribution is 2.31. The number of nitro benzene ring substituents is 1. The van der Waals surface area contributed by atoms with Crippen LogP contribution in [0.15, 0.2) is 48.5 Å². The van der Waals surface area contributed by atoms with E-state index in [9.17, 15) is 19.7 Å². The summed E-state index contributed by atoms with van der Waals surface area (Å²) < 4.78 is 10.8. The summed E-state index contributed by atoms with van der Waals surface area (Å²) in [6, 6.07) is 13.4. The van der Waals surface area contributed by atoms with Gasteiger partial charge in [-0.15, -0.1) is 0 Å². The third-order valence-electron chi connectivity index (χ3n) is 4.70. The molecule has 0 spiro atoms. The smallest absolute Gasteiger partial charge is 0.308 e. The van der Waals surface area contributed by atoms with E-state index in [0.717, 1.165) is 11.3 Å². The molecule has 2 atom stereocenters. The first-order valence-electron chi connectivity index (χ1n) is 9.64. The maximum absolute atomic E-state index is 12.5. The SMILES string of the molecule is C[C@@H](OC(=O)CCNc1ccccc1[N+](=O)[O-])C(=O)N[C@@H]1CCOc2ccccc21. The first-order chi connectivity index (χ1) is 14.5. The Morgan fingerprint density at radius 1 is 1.23 bits per heavy atom. The Kier molecular flexibility index (Phi) is 6.84. The zero-order chi connectivity index (χ0) is 21.5. The standard InChI is InChI=1S/C21H23N3O6/c1-14(21(26)23-16-11-13-29-19-9-5-2-6-15(16)19)30-20(25)10-12-22-17-7-3-4-8-18(17)24(27)28/h2-9,14,16,22H,10-13H2,1H3,(H,23,26)/t14-,16-/m1/s1.